The second kappa shape index (κ2) is 10.1. The summed E-state index contributed by atoms with van der Waals surface area (Å²) in [6.45, 7) is 0. The largest absolute Gasteiger partial charge is 0.430 e. The lowest BCUT2D eigenvalue weighted by molar-refractivity contribution is -0.202. The van der Waals surface area contributed by atoms with Gasteiger partial charge >= 0.3 is 6.11 Å². The third-order valence-electron chi connectivity index (χ3n) is 6.05. The number of nitrogens with one attached hydrogen (secondary N) is 2. The molecule has 12 heteroatoms. The number of sulfone groups is 1. The number of halogens is 3. The molecule has 2 atom stereocenters. The predicted molar refractivity (Wildman–Crippen MR) is 123 cm³/mol. The summed E-state index contributed by atoms with van der Waals surface area (Å²) >= 11 is 0. The minimum Gasteiger partial charge on any atom is -0.430 e. The van der Waals surface area contributed by atoms with Crippen LogP contribution in [0.5, 0.6) is 5.75 Å². The lowest BCUT2D eigenvalue weighted by Crippen LogP contribution is -2.56. The van der Waals surface area contributed by atoms with Gasteiger partial charge in [0.25, 0.3) is 0 Å². The number of nitriles is 1. The summed E-state index contributed by atoms with van der Waals surface area (Å²) in [7, 11) is -3.81. The number of carbonyl (C=O) groups excluding carboxylic acids is 1. The molecule has 2 aliphatic carbocycles. The highest BCUT2D eigenvalue weighted by Gasteiger charge is 2.49. The van der Waals surface area contributed by atoms with Crippen molar-refractivity contribution in [3.8, 4) is 11.8 Å². The van der Waals surface area contributed by atoms with Crippen molar-refractivity contribution >= 4 is 15.7 Å². The van der Waals surface area contributed by atoms with Crippen molar-refractivity contribution in [1.82, 2.24) is 15.6 Å². The van der Waals surface area contributed by atoms with E-state index >= 15 is 8.78 Å². The maximum absolute atomic E-state index is 15.5. The molecule has 192 valence electrons. The third kappa shape index (κ3) is 6.73. The van der Waals surface area contributed by atoms with Crippen molar-refractivity contribution in [2.75, 3.05) is 11.5 Å². The standard InChI is InChI=1S/C24H25F3N4O4S/c25-18-7-5-17(6-8-18)21(24(26,27)35-19-2-1-11-29-12-19)30-20(14-36(33,34)13-16-3-4-16)22(32)31-23(15-28)9-10-23/h1-2,5-8,11-12,16,20-21,30H,3-4,9-10,13-14H2,(H,31,32)/t20-,21-/m0/s1. The highest BCUT2D eigenvalue weighted by atomic mass is 32.2. The van der Waals surface area contributed by atoms with E-state index in [1.165, 1.54) is 18.3 Å². The molecule has 1 aromatic carbocycles. The highest BCUT2D eigenvalue weighted by Crippen LogP contribution is 2.37. The van der Waals surface area contributed by atoms with E-state index in [0.29, 0.717) is 12.8 Å². The molecular formula is C24H25F3N4O4S. The first kappa shape index (κ1) is 25.9. The van der Waals surface area contributed by atoms with E-state index < -0.39 is 51.0 Å². The second-order valence-electron chi connectivity index (χ2n) is 9.26. The summed E-state index contributed by atoms with van der Waals surface area (Å²) in [5.41, 5.74) is -1.28. The van der Waals surface area contributed by atoms with E-state index in [0.717, 1.165) is 43.3 Å². The molecular weight excluding hydrogens is 497 g/mol. The Kier molecular flexibility index (Phi) is 7.24. The van der Waals surface area contributed by atoms with Crippen LogP contribution in [0.2, 0.25) is 0 Å². The lowest BCUT2D eigenvalue weighted by Gasteiger charge is -2.31. The molecule has 2 saturated carbocycles. The number of nitrogens with zero attached hydrogens (tertiary/aromatic N) is 2. The van der Waals surface area contributed by atoms with Gasteiger partial charge in [-0.05, 0) is 61.4 Å². The molecule has 0 aliphatic heterocycles. The Morgan fingerprint density at radius 3 is 2.50 bits per heavy atom. The molecule has 8 nitrogen and oxygen atoms in total. The van der Waals surface area contributed by atoms with Gasteiger partial charge in [0.05, 0.1) is 23.8 Å². The van der Waals surface area contributed by atoms with Crippen LogP contribution < -0.4 is 15.4 Å². The summed E-state index contributed by atoms with van der Waals surface area (Å²) in [5, 5.41) is 14.3. The number of carbonyl (C=O) groups is 1. The van der Waals surface area contributed by atoms with Gasteiger partial charge in [-0.15, -0.1) is 0 Å². The van der Waals surface area contributed by atoms with Gasteiger partial charge in [0, 0.05) is 6.20 Å². The number of alkyl halides is 2. The topological polar surface area (TPSA) is 121 Å². The van der Waals surface area contributed by atoms with Crippen LogP contribution in [0, 0.1) is 23.1 Å². The summed E-state index contributed by atoms with van der Waals surface area (Å²) < 4.78 is 75.0. The Labute approximate surface area is 206 Å². The zero-order valence-corrected chi connectivity index (χ0v) is 20.0. The van der Waals surface area contributed by atoms with E-state index in [9.17, 15) is 22.9 Å². The predicted octanol–water partition coefficient (Wildman–Crippen LogP) is 2.89. The molecule has 4 rings (SSSR count). The number of pyridine rings is 1. The maximum atomic E-state index is 15.5. The Morgan fingerprint density at radius 2 is 1.94 bits per heavy atom. The van der Waals surface area contributed by atoms with Gasteiger partial charge < -0.3 is 10.1 Å². The number of aromatic nitrogens is 1. The average Bonchev–Trinajstić information content (AvgIpc) is 3.75. The van der Waals surface area contributed by atoms with E-state index in [1.54, 1.807) is 0 Å². The number of ether oxygens (including phenoxy) is 1. The van der Waals surface area contributed by atoms with Crippen LogP contribution in [0.4, 0.5) is 13.2 Å². The van der Waals surface area contributed by atoms with Gasteiger partial charge in [0.2, 0.25) is 5.91 Å². The van der Waals surface area contributed by atoms with E-state index in [1.807, 2.05) is 6.07 Å². The van der Waals surface area contributed by atoms with Gasteiger partial charge in [0.1, 0.15) is 29.2 Å². The molecule has 0 bridgehead atoms. The van der Waals surface area contributed by atoms with Crippen molar-refractivity contribution in [3.05, 3.63) is 60.2 Å². The van der Waals surface area contributed by atoms with E-state index in [4.69, 9.17) is 4.74 Å². The fraction of sp³-hybridized carbons (Fsp3) is 0.458. The van der Waals surface area contributed by atoms with Crippen molar-refractivity contribution in [2.45, 2.75) is 49.4 Å². The zero-order chi connectivity index (χ0) is 26.0. The van der Waals surface area contributed by atoms with Crippen LogP contribution in [-0.2, 0) is 14.6 Å². The smallest absolute Gasteiger partial charge is 0.418 e. The molecule has 0 unspecified atom stereocenters. The van der Waals surface area contributed by atoms with Gasteiger partial charge in [-0.1, -0.05) is 12.1 Å². The SMILES string of the molecule is N#CC1(NC(=O)[C@H](CS(=O)(=O)CC2CC2)N[C@@H](c2ccc(F)cc2)C(F)(F)Oc2cccnc2)CC1. The number of benzene rings is 1. The third-order valence-corrected chi connectivity index (χ3v) is 7.87. The molecule has 0 radical (unpaired) electrons. The van der Waals surface area contributed by atoms with Crippen molar-refractivity contribution < 1.29 is 31.1 Å². The van der Waals surface area contributed by atoms with Crippen LogP contribution >= 0.6 is 0 Å². The summed E-state index contributed by atoms with van der Waals surface area (Å²) in [4.78, 5) is 16.8. The van der Waals surface area contributed by atoms with Crippen molar-refractivity contribution in [2.24, 2.45) is 5.92 Å². The minimum atomic E-state index is -4.01. The fourth-order valence-electron chi connectivity index (χ4n) is 3.75. The Balaban J connectivity index is 1.65. The van der Waals surface area contributed by atoms with Gasteiger partial charge in [-0.2, -0.15) is 14.0 Å². The monoisotopic (exact) mass is 522 g/mol. The van der Waals surface area contributed by atoms with Crippen LogP contribution in [0.15, 0.2) is 48.8 Å². The molecule has 0 saturated heterocycles. The van der Waals surface area contributed by atoms with E-state index in [2.05, 4.69) is 15.6 Å². The second-order valence-corrected chi connectivity index (χ2v) is 11.4. The first-order valence-corrected chi connectivity index (χ1v) is 13.3. The van der Waals surface area contributed by atoms with Crippen LogP contribution in [-0.4, -0.2) is 48.5 Å². The minimum absolute atomic E-state index is 0.0177. The zero-order valence-electron chi connectivity index (χ0n) is 19.2. The number of rotatable bonds is 12. The number of hydrogen-bond acceptors (Lipinski definition) is 7. The van der Waals surface area contributed by atoms with Crippen molar-refractivity contribution in [3.63, 3.8) is 0 Å². The van der Waals surface area contributed by atoms with Gasteiger partial charge in [-0.25, -0.2) is 12.8 Å². The van der Waals surface area contributed by atoms with E-state index in [-0.39, 0.29) is 23.0 Å². The molecule has 36 heavy (non-hydrogen) atoms. The summed E-state index contributed by atoms with van der Waals surface area (Å²) in [6.07, 6.45) is 0.675. The molecule has 2 N–H and O–H groups in total. The van der Waals surface area contributed by atoms with Crippen LogP contribution in [0.3, 0.4) is 0 Å². The Morgan fingerprint density at radius 1 is 1.25 bits per heavy atom. The molecule has 1 aromatic heterocycles. The first-order valence-electron chi connectivity index (χ1n) is 11.4. The molecule has 2 fully saturated rings. The van der Waals surface area contributed by atoms with Crippen LogP contribution in [0.25, 0.3) is 0 Å². The Hall–Kier alpha value is -3.17. The summed E-state index contributed by atoms with van der Waals surface area (Å²) in [5.74, 6) is -2.75. The number of hydrogen-bond donors (Lipinski definition) is 2. The molecule has 0 spiro atoms. The molecule has 2 aromatic rings. The lowest BCUT2D eigenvalue weighted by atomic mass is 10.0. The summed E-state index contributed by atoms with van der Waals surface area (Å²) in [6, 6.07) is 5.09. The van der Waals surface area contributed by atoms with Crippen molar-refractivity contribution in [1.29, 1.82) is 5.26 Å². The quantitative estimate of drug-likeness (QED) is 0.440. The maximum Gasteiger partial charge on any atom is 0.418 e. The average molecular weight is 523 g/mol. The van der Waals surface area contributed by atoms with Crippen LogP contribution in [0.1, 0.15) is 37.3 Å². The molecule has 1 amide bonds. The number of amides is 1. The van der Waals surface area contributed by atoms with Gasteiger partial charge in [-0.3, -0.25) is 15.1 Å². The molecule has 2 aliphatic rings. The normalized spacial score (nSPS) is 18.5. The molecule has 1 heterocycles. The highest BCUT2D eigenvalue weighted by molar-refractivity contribution is 7.91. The Bertz CT molecular complexity index is 1230. The van der Waals surface area contributed by atoms with Gasteiger partial charge in [0.15, 0.2) is 9.84 Å². The fourth-order valence-corrected chi connectivity index (χ4v) is 5.69. The first-order chi connectivity index (χ1) is 17.0.